The van der Waals surface area contributed by atoms with Gasteiger partial charge in [0.1, 0.15) is 11.6 Å². The molecule has 0 radical (unpaired) electrons. The average molecular weight is 259 g/mol. The summed E-state index contributed by atoms with van der Waals surface area (Å²) in [6.07, 6.45) is 2.42. The molecule has 3 rings (SSSR count). The molecule has 0 unspecified atom stereocenters. The predicted molar refractivity (Wildman–Crippen MR) is 73.6 cm³/mol. The molecule has 1 saturated heterocycles. The molecule has 100 valence electrons. The van der Waals surface area contributed by atoms with E-state index in [9.17, 15) is 4.79 Å². The number of carbonyl (C=O) groups is 1. The number of amides is 1. The van der Waals surface area contributed by atoms with Crippen molar-refractivity contribution in [2.75, 3.05) is 25.0 Å². The van der Waals surface area contributed by atoms with E-state index in [2.05, 4.69) is 15.2 Å². The Labute approximate surface area is 111 Å². The van der Waals surface area contributed by atoms with Crippen molar-refractivity contribution in [3.05, 3.63) is 23.5 Å². The Hall–Kier alpha value is -2.04. The van der Waals surface area contributed by atoms with E-state index < -0.39 is 0 Å². The lowest BCUT2D eigenvalue weighted by Crippen LogP contribution is -2.19. The molecule has 5 heteroatoms. The summed E-state index contributed by atoms with van der Waals surface area (Å²) < 4.78 is 5.62. The van der Waals surface area contributed by atoms with Crippen molar-refractivity contribution in [1.29, 1.82) is 0 Å². The van der Waals surface area contributed by atoms with E-state index in [1.54, 1.807) is 14.0 Å². The number of aromatic nitrogens is 1. The number of fused-ring (bicyclic) bond motifs is 1. The highest BCUT2D eigenvalue weighted by atomic mass is 16.3. The lowest BCUT2D eigenvalue weighted by Gasteiger charge is -2.15. The van der Waals surface area contributed by atoms with E-state index in [4.69, 9.17) is 4.42 Å². The molecule has 2 aromatic rings. The van der Waals surface area contributed by atoms with Gasteiger partial charge in [-0.2, -0.15) is 4.98 Å². The Morgan fingerprint density at radius 2 is 2.11 bits per heavy atom. The third-order valence-electron chi connectivity index (χ3n) is 3.60. The first-order chi connectivity index (χ1) is 9.20. The summed E-state index contributed by atoms with van der Waals surface area (Å²) in [5.74, 6) is 1.41. The zero-order chi connectivity index (χ0) is 13.4. The Morgan fingerprint density at radius 3 is 2.79 bits per heavy atom. The number of nitrogens with zero attached hydrogens (tertiary/aromatic N) is 2. The second-order valence-corrected chi connectivity index (χ2v) is 4.83. The van der Waals surface area contributed by atoms with Gasteiger partial charge in [0, 0.05) is 20.1 Å². The molecule has 19 heavy (non-hydrogen) atoms. The molecular formula is C14H17N3O2. The average Bonchev–Trinajstić information content (AvgIpc) is 3.03. The van der Waals surface area contributed by atoms with Crippen LogP contribution in [-0.4, -0.2) is 31.0 Å². The SMILES string of the molecule is CNC(=O)c1c(C)oc2nc(N3CCCC3)ccc12. The number of carbonyl (C=O) groups excluding carboxylic acids is 1. The van der Waals surface area contributed by atoms with Gasteiger partial charge in [-0.1, -0.05) is 0 Å². The molecule has 1 aliphatic rings. The molecule has 0 bridgehead atoms. The quantitative estimate of drug-likeness (QED) is 0.897. The molecule has 5 nitrogen and oxygen atoms in total. The molecule has 3 heterocycles. The van der Waals surface area contributed by atoms with Gasteiger partial charge in [0.15, 0.2) is 0 Å². The number of anilines is 1. The molecule has 2 aromatic heterocycles. The molecule has 0 spiro atoms. The van der Waals surface area contributed by atoms with Crippen LogP contribution in [0.25, 0.3) is 11.1 Å². The van der Waals surface area contributed by atoms with Crippen molar-refractivity contribution < 1.29 is 9.21 Å². The molecule has 1 aliphatic heterocycles. The zero-order valence-corrected chi connectivity index (χ0v) is 11.2. The first-order valence-electron chi connectivity index (χ1n) is 6.58. The second-order valence-electron chi connectivity index (χ2n) is 4.83. The predicted octanol–water partition coefficient (Wildman–Crippen LogP) is 2.10. The van der Waals surface area contributed by atoms with E-state index in [-0.39, 0.29) is 5.91 Å². The Morgan fingerprint density at radius 1 is 1.37 bits per heavy atom. The summed E-state index contributed by atoms with van der Waals surface area (Å²) in [6.45, 7) is 3.88. The summed E-state index contributed by atoms with van der Waals surface area (Å²) in [4.78, 5) is 18.6. The third kappa shape index (κ3) is 1.95. The fourth-order valence-electron chi connectivity index (χ4n) is 2.61. The fourth-order valence-corrected chi connectivity index (χ4v) is 2.61. The molecule has 1 N–H and O–H groups in total. The van der Waals surface area contributed by atoms with Crippen LogP contribution in [0, 0.1) is 6.92 Å². The molecular weight excluding hydrogens is 242 g/mol. The van der Waals surface area contributed by atoms with Gasteiger partial charge in [-0.25, -0.2) is 0 Å². The lowest BCUT2D eigenvalue weighted by molar-refractivity contribution is 0.0963. The number of aryl methyl sites for hydroxylation is 1. The van der Waals surface area contributed by atoms with Crippen LogP contribution in [0.4, 0.5) is 5.82 Å². The zero-order valence-electron chi connectivity index (χ0n) is 11.2. The number of hydrogen-bond donors (Lipinski definition) is 1. The van der Waals surface area contributed by atoms with Crippen LogP contribution in [0.15, 0.2) is 16.5 Å². The van der Waals surface area contributed by atoms with Gasteiger partial charge < -0.3 is 14.6 Å². The maximum Gasteiger partial charge on any atom is 0.255 e. The number of rotatable bonds is 2. The van der Waals surface area contributed by atoms with Crippen molar-refractivity contribution in [2.24, 2.45) is 0 Å². The minimum Gasteiger partial charge on any atom is -0.442 e. The Balaban J connectivity index is 2.07. The first kappa shape index (κ1) is 12.0. The topological polar surface area (TPSA) is 58.4 Å². The van der Waals surface area contributed by atoms with Crippen LogP contribution < -0.4 is 10.2 Å². The summed E-state index contributed by atoms with van der Waals surface area (Å²) >= 11 is 0. The summed E-state index contributed by atoms with van der Waals surface area (Å²) in [6, 6.07) is 3.89. The Kier molecular flexibility index (Phi) is 2.89. The highest BCUT2D eigenvalue weighted by Crippen LogP contribution is 2.27. The molecule has 0 aliphatic carbocycles. The summed E-state index contributed by atoms with van der Waals surface area (Å²) in [5, 5.41) is 3.41. The van der Waals surface area contributed by atoms with Gasteiger partial charge in [-0.05, 0) is 31.9 Å². The van der Waals surface area contributed by atoms with Gasteiger partial charge in [0.05, 0.1) is 10.9 Å². The molecule has 1 amide bonds. The Bertz CT molecular complexity index is 627. The van der Waals surface area contributed by atoms with Crippen LogP contribution in [-0.2, 0) is 0 Å². The first-order valence-corrected chi connectivity index (χ1v) is 6.58. The number of pyridine rings is 1. The second kappa shape index (κ2) is 4.57. The molecule has 0 aromatic carbocycles. The lowest BCUT2D eigenvalue weighted by atomic mass is 10.1. The van der Waals surface area contributed by atoms with Crippen molar-refractivity contribution in [1.82, 2.24) is 10.3 Å². The van der Waals surface area contributed by atoms with Crippen LogP contribution in [0.1, 0.15) is 29.0 Å². The standard InChI is InChI=1S/C14H17N3O2/c1-9-12(13(18)15-2)10-5-6-11(16-14(10)19-9)17-7-3-4-8-17/h5-6H,3-4,7-8H2,1-2H3,(H,15,18). The highest BCUT2D eigenvalue weighted by molar-refractivity contribution is 6.06. The summed E-state index contributed by atoms with van der Waals surface area (Å²) in [5.41, 5.74) is 1.12. The number of furan rings is 1. The van der Waals surface area contributed by atoms with E-state index in [1.807, 2.05) is 12.1 Å². The van der Waals surface area contributed by atoms with Crippen molar-refractivity contribution in [3.63, 3.8) is 0 Å². The molecule has 0 saturated carbocycles. The number of nitrogens with one attached hydrogen (secondary N) is 1. The maximum atomic E-state index is 11.8. The van der Waals surface area contributed by atoms with Crippen LogP contribution in [0.5, 0.6) is 0 Å². The van der Waals surface area contributed by atoms with Gasteiger partial charge in [-0.3, -0.25) is 4.79 Å². The smallest absolute Gasteiger partial charge is 0.255 e. The highest BCUT2D eigenvalue weighted by Gasteiger charge is 2.20. The molecule has 1 fully saturated rings. The van der Waals surface area contributed by atoms with Gasteiger partial charge in [0.25, 0.3) is 5.91 Å². The monoisotopic (exact) mass is 259 g/mol. The fraction of sp³-hybridized carbons (Fsp3) is 0.429. The third-order valence-corrected chi connectivity index (χ3v) is 3.60. The van der Waals surface area contributed by atoms with Crippen molar-refractivity contribution >= 4 is 22.8 Å². The van der Waals surface area contributed by atoms with E-state index in [1.165, 1.54) is 12.8 Å². The van der Waals surface area contributed by atoms with Crippen molar-refractivity contribution in [2.45, 2.75) is 19.8 Å². The van der Waals surface area contributed by atoms with E-state index in [0.29, 0.717) is 17.0 Å². The van der Waals surface area contributed by atoms with Gasteiger partial charge >= 0.3 is 0 Å². The summed E-state index contributed by atoms with van der Waals surface area (Å²) in [7, 11) is 1.62. The van der Waals surface area contributed by atoms with Crippen LogP contribution in [0.2, 0.25) is 0 Å². The maximum absolute atomic E-state index is 11.8. The van der Waals surface area contributed by atoms with Crippen molar-refractivity contribution in [3.8, 4) is 0 Å². The van der Waals surface area contributed by atoms with Gasteiger partial charge in [0.2, 0.25) is 5.71 Å². The largest absolute Gasteiger partial charge is 0.442 e. The van der Waals surface area contributed by atoms with Crippen LogP contribution in [0.3, 0.4) is 0 Å². The van der Waals surface area contributed by atoms with E-state index >= 15 is 0 Å². The minimum absolute atomic E-state index is 0.132. The number of hydrogen-bond acceptors (Lipinski definition) is 4. The molecule has 0 atom stereocenters. The minimum atomic E-state index is -0.132. The van der Waals surface area contributed by atoms with Crippen LogP contribution >= 0.6 is 0 Å². The van der Waals surface area contributed by atoms with Gasteiger partial charge in [-0.15, -0.1) is 0 Å². The normalized spacial score (nSPS) is 15.2. The van der Waals surface area contributed by atoms with E-state index in [0.717, 1.165) is 24.3 Å².